The zero-order valence-electron chi connectivity index (χ0n) is 24.7. The molecule has 2 aromatic heterocycles. The number of aromatic nitrogens is 1. The second kappa shape index (κ2) is 12.8. The number of ether oxygens (including phenoxy) is 2. The fourth-order valence-electron chi connectivity index (χ4n) is 5.65. The highest BCUT2D eigenvalue weighted by atomic mass is 19.1. The molecule has 0 spiro atoms. The third-order valence-corrected chi connectivity index (χ3v) is 8.14. The molecule has 6 rings (SSSR count). The Bertz CT molecular complexity index is 1790. The maximum atomic E-state index is 13.4. The molecule has 224 valence electrons. The SMILES string of the molecule is COC(=O)c1cccc(COC2CCN(c3ccc(CC(=O)c4oc5ccc(-c6ccc(F)cc6)cc5c4C)cn3)CC2)c1. The van der Waals surface area contributed by atoms with Crippen LogP contribution < -0.4 is 4.90 Å². The van der Waals surface area contributed by atoms with E-state index in [9.17, 15) is 14.0 Å². The van der Waals surface area contributed by atoms with Gasteiger partial charge in [-0.15, -0.1) is 0 Å². The van der Waals surface area contributed by atoms with E-state index in [0.29, 0.717) is 23.5 Å². The molecular weight excluding hydrogens is 559 g/mol. The van der Waals surface area contributed by atoms with Crippen molar-refractivity contribution in [3.05, 3.63) is 119 Å². The number of esters is 1. The van der Waals surface area contributed by atoms with E-state index in [2.05, 4.69) is 9.88 Å². The lowest BCUT2D eigenvalue weighted by Crippen LogP contribution is -2.37. The topological polar surface area (TPSA) is 81.9 Å². The number of fused-ring (bicyclic) bond motifs is 1. The highest BCUT2D eigenvalue weighted by Crippen LogP contribution is 2.31. The lowest BCUT2D eigenvalue weighted by Gasteiger charge is -2.32. The fraction of sp³-hybridized carbons (Fsp3) is 0.250. The Morgan fingerprint density at radius 3 is 2.45 bits per heavy atom. The number of benzene rings is 3. The van der Waals surface area contributed by atoms with Crippen LogP contribution in [0.15, 0.2) is 89.5 Å². The van der Waals surface area contributed by atoms with Crippen molar-refractivity contribution in [1.82, 2.24) is 4.98 Å². The van der Waals surface area contributed by atoms with Gasteiger partial charge in [-0.1, -0.05) is 36.4 Å². The fourth-order valence-corrected chi connectivity index (χ4v) is 5.65. The van der Waals surface area contributed by atoms with E-state index in [1.165, 1.54) is 19.2 Å². The maximum absolute atomic E-state index is 13.4. The van der Waals surface area contributed by atoms with E-state index < -0.39 is 0 Å². The van der Waals surface area contributed by atoms with E-state index in [1.807, 2.05) is 49.4 Å². The number of pyridine rings is 1. The van der Waals surface area contributed by atoms with Gasteiger partial charge < -0.3 is 18.8 Å². The minimum absolute atomic E-state index is 0.105. The molecule has 1 aliphatic heterocycles. The minimum atomic E-state index is -0.356. The van der Waals surface area contributed by atoms with Crippen LogP contribution in [0.5, 0.6) is 0 Å². The van der Waals surface area contributed by atoms with Gasteiger partial charge in [0.05, 0.1) is 25.4 Å². The molecule has 1 aliphatic rings. The maximum Gasteiger partial charge on any atom is 0.337 e. The average molecular weight is 593 g/mol. The van der Waals surface area contributed by atoms with Gasteiger partial charge in [0.15, 0.2) is 5.76 Å². The van der Waals surface area contributed by atoms with Gasteiger partial charge in [-0.05, 0) is 84.5 Å². The average Bonchev–Trinajstić information content (AvgIpc) is 3.40. The largest absolute Gasteiger partial charge is 0.465 e. The molecular formula is C36H33FN2O5. The van der Waals surface area contributed by atoms with Gasteiger partial charge in [0, 0.05) is 36.7 Å². The number of furan rings is 1. The second-order valence-corrected chi connectivity index (χ2v) is 11.1. The van der Waals surface area contributed by atoms with Crippen LogP contribution in [0.3, 0.4) is 0 Å². The number of hydrogen-bond donors (Lipinski definition) is 0. The second-order valence-electron chi connectivity index (χ2n) is 11.1. The molecule has 44 heavy (non-hydrogen) atoms. The summed E-state index contributed by atoms with van der Waals surface area (Å²) >= 11 is 0. The first-order chi connectivity index (χ1) is 21.4. The zero-order valence-corrected chi connectivity index (χ0v) is 24.7. The molecule has 0 N–H and O–H groups in total. The van der Waals surface area contributed by atoms with Crippen LogP contribution in [0.4, 0.5) is 10.2 Å². The normalized spacial score (nSPS) is 13.8. The summed E-state index contributed by atoms with van der Waals surface area (Å²) in [4.78, 5) is 31.9. The van der Waals surface area contributed by atoms with Crippen molar-refractivity contribution in [3.63, 3.8) is 0 Å². The summed E-state index contributed by atoms with van der Waals surface area (Å²) < 4.78 is 30.3. The number of nitrogens with zero attached hydrogens (tertiary/aromatic N) is 2. The third kappa shape index (κ3) is 6.40. The summed E-state index contributed by atoms with van der Waals surface area (Å²) in [7, 11) is 1.37. The Morgan fingerprint density at radius 1 is 0.955 bits per heavy atom. The summed E-state index contributed by atoms with van der Waals surface area (Å²) in [5, 5.41) is 0.866. The molecule has 0 bridgehead atoms. The Morgan fingerprint density at radius 2 is 1.73 bits per heavy atom. The number of carbonyl (C=O) groups excluding carboxylic acids is 2. The summed E-state index contributed by atoms with van der Waals surface area (Å²) in [5.41, 5.74) is 5.54. The highest BCUT2D eigenvalue weighted by Gasteiger charge is 2.22. The predicted octanol–water partition coefficient (Wildman–Crippen LogP) is 7.34. The van der Waals surface area contributed by atoms with Crippen molar-refractivity contribution >= 4 is 28.5 Å². The van der Waals surface area contributed by atoms with Gasteiger partial charge in [0.25, 0.3) is 0 Å². The van der Waals surface area contributed by atoms with Crippen molar-refractivity contribution in [3.8, 4) is 11.1 Å². The monoisotopic (exact) mass is 592 g/mol. The Balaban J connectivity index is 1.04. The van der Waals surface area contributed by atoms with Crippen LogP contribution in [-0.4, -0.2) is 43.0 Å². The first-order valence-corrected chi connectivity index (χ1v) is 14.7. The van der Waals surface area contributed by atoms with Gasteiger partial charge in [-0.2, -0.15) is 0 Å². The number of Topliss-reactive ketones (excluding diaryl/α,β-unsaturated/α-hetero) is 1. The van der Waals surface area contributed by atoms with Crippen molar-refractivity contribution < 1.29 is 27.9 Å². The molecule has 3 aromatic carbocycles. The molecule has 3 heterocycles. The van der Waals surface area contributed by atoms with Gasteiger partial charge in [-0.3, -0.25) is 4.79 Å². The number of anilines is 1. The van der Waals surface area contributed by atoms with Crippen LogP contribution in [-0.2, 0) is 22.5 Å². The summed E-state index contributed by atoms with van der Waals surface area (Å²) in [5.74, 6) is 0.479. The number of halogens is 1. The summed E-state index contributed by atoms with van der Waals surface area (Å²) in [6, 6.07) is 23.3. The number of methoxy groups -OCH3 is 1. The van der Waals surface area contributed by atoms with Crippen LogP contribution in [0.2, 0.25) is 0 Å². The molecule has 5 aromatic rings. The lowest BCUT2D eigenvalue weighted by molar-refractivity contribution is 0.0250. The van der Waals surface area contributed by atoms with Gasteiger partial charge in [-0.25, -0.2) is 14.2 Å². The molecule has 8 heteroatoms. The van der Waals surface area contributed by atoms with Gasteiger partial charge in [0.1, 0.15) is 17.2 Å². The third-order valence-electron chi connectivity index (χ3n) is 8.14. The molecule has 0 amide bonds. The van der Waals surface area contributed by atoms with Crippen LogP contribution in [0.1, 0.15) is 50.4 Å². The molecule has 7 nitrogen and oxygen atoms in total. The molecule has 0 unspecified atom stereocenters. The quantitative estimate of drug-likeness (QED) is 0.131. The Hall–Kier alpha value is -4.82. The van der Waals surface area contributed by atoms with Crippen LogP contribution in [0, 0.1) is 12.7 Å². The highest BCUT2D eigenvalue weighted by molar-refractivity contribution is 6.02. The first-order valence-electron chi connectivity index (χ1n) is 14.7. The predicted molar refractivity (Wildman–Crippen MR) is 166 cm³/mol. The van der Waals surface area contributed by atoms with E-state index >= 15 is 0 Å². The van der Waals surface area contributed by atoms with Crippen molar-refractivity contribution in [1.29, 1.82) is 0 Å². The Kier molecular flexibility index (Phi) is 8.52. The van der Waals surface area contributed by atoms with E-state index in [1.54, 1.807) is 30.5 Å². The molecule has 0 saturated carbocycles. The van der Waals surface area contributed by atoms with E-state index in [-0.39, 0.29) is 30.1 Å². The van der Waals surface area contributed by atoms with Crippen LogP contribution in [0.25, 0.3) is 22.1 Å². The minimum Gasteiger partial charge on any atom is -0.465 e. The standard InChI is InChI=1S/C36H33FN2O5/c1-23-31-20-27(26-7-10-29(37)11-8-26)9-12-33(31)44-35(23)32(40)19-24-6-13-34(38-21-24)39-16-14-30(15-17-39)43-22-25-4-3-5-28(18-25)36(41)42-2/h3-13,18,20-21,30H,14-17,19,22H2,1-2H3. The van der Waals surface area contributed by atoms with Gasteiger partial charge >= 0.3 is 5.97 Å². The number of carbonyl (C=O) groups is 2. The van der Waals surface area contributed by atoms with Crippen molar-refractivity contribution in [2.24, 2.45) is 0 Å². The zero-order chi connectivity index (χ0) is 30.6. The summed E-state index contributed by atoms with van der Waals surface area (Å²) in [6.07, 6.45) is 3.81. The van der Waals surface area contributed by atoms with Crippen LogP contribution >= 0.6 is 0 Å². The van der Waals surface area contributed by atoms with Crippen molar-refractivity contribution in [2.75, 3.05) is 25.1 Å². The Labute approximate surface area is 255 Å². The molecule has 1 saturated heterocycles. The smallest absolute Gasteiger partial charge is 0.337 e. The van der Waals surface area contributed by atoms with E-state index in [0.717, 1.165) is 65.0 Å². The van der Waals surface area contributed by atoms with E-state index in [4.69, 9.17) is 13.9 Å². The molecule has 0 atom stereocenters. The number of aryl methyl sites for hydroxylation is 1. The number of rotatable bonds is 9. The number of ketones is 1. The lowest BCUT2D eigenvalue weighted by atomic mass is 10.0. The molecule has 1 fully saturated rings. The van der Waals surface area contributed by atoms with Gasteiger partial charge in [0.2, 0.25) is 5.78 Å². The number of hydrogen-bond acceptors (Lipinski definition) is 7. The molecule has 0 aliphatic carbocycles. The first kappa shape index (κ1) is 29.3. The summed E-state index contributed by atoms with van der Waals surface area (Å²) in [6.45, 7) is 3.96. The molecule has 0 radical (unpaired) electrons. The van der Waals surface area contributed by atoms with Crippen molar-refractivity contribution in [2.45, 2.75) is 38.9 Å². The number of piperidine rings is 1.